The summed E-state index contributed by atoms with van der Waals surface area (Å²) in [6.07, 6.45) is 3.02. The van der Waals surface area contributed by atoms with Gasteiger partial charge in [-0.25, -0.2) is 0 Å². The van der Waals surface area contributed by atoms with Crippen molar-refractivity contribution in [1.82, 2.24) is 4.90 Å². The van der Waals surface area contributed by atoms with Crippen molar-refractivity contribution < 1.29 is 5.11 Å². The van der Waals surface area contributed by atoms with E-state index in [4.69, 9.17) is 0 Å². The van der Waals surface area contributed by atoms with Gasteiger partial charge in [0.15, 0.2) is 0 Å². The second-order valence-electron chi connectivity index (χ2n) is 4.95. The molecule has 2 nitrogen and oxygen atoms in total. The van der Waals surface area contributed by atoms with Crippen LogP contribution in [0.1, 0.15) is 18.4 Å². The lowest BCUT2D eigenvalue weighted by molar-refractivity contribution is -0.0864. The largest absolute Gasteiger partial charge is 0.375 e. The van der Waals surface area contributed by atoms with Gasteiger partial charge in [0.2, 0.25) is 0 Å². The van der Waals surface area contributed by atoms with E-state index in [0.717, 1.165) is 31.8 Å². The zero-order valence-corrected chi connectivity index (χ0v) is 8.89. The molecule has 3 unspecified atom stereocenters. The van der Waals surface area contributed by atoms with Crippen molar-refractivity contribution in [2.75, 3.05) is 13.1 Å². The number of benzene rings is 1. The molecule has 3 rings (SSSR count). The summed E-state index contributed by atoms with van der Waals surface area (Å²) < 4.78 is 0. The maximum Gasteiger partial charge on any atom is 0.122 e. The van der Waals surface area contributed by atoms with Gasteiger partial charge in [0, 0.05) is 19.5 Å². The number of hydrogen-bond acceptors (Lipinski definition) is 2. The van der Waals surface area contributed by atoms with Crippen molar-refractivity contribution in [2.24, 2.45) is 5.92 Å². The molecule has 1 aromatic rings. The van der Waals surface area contributed by atoms with Crippen LogP contribution in [-0.4, -0.2) is 28.8 Å². The number of hydrogen-bond donors (Lipinski definition) is 1. The Bertz CT molecular complexity index is 351. The molecule has 2 bridgehead atoms. The summed E-state index contributed by atoms with van der Waals surface area (Å²) in [5, 5.41) is 10.6. The van der Waals surface area contributed by atoms with Crippen molar-refractivity contribution in [3.05, 3.63) is 35.9 Å². The Kier molecular flexibility index (Phi) is 2.08. The summed E-state index contributed by atoms with van der Waals surface area (Å²) in [6.45, 7) is 2.18. The fourth-order valence-electron chi connectivity index (χ4n) is 3.08. The first kappa shape index (κ1) is 9.37. The molecule has 3 atom stereocenters. The van der Waals surface area contributed by atoms with Crippen molar-refractivity contribution in [1.29, 1.82) is 0 Å². The van der Waals surface area contributed by atoms with E-state index >= 15 is 0 Å². The predicted octanol–water partition coefficient (Wildman–Crippen LogP) is 1.64. The smallest absolute Gasteiger partial charge is 0.122 e. The molecular weight excluding hydrogens is 186 g/mol. The van der Waals surface area contributed by atoms with Gasteiger partial charge in [0.25, 0.3) is 0 Å². The van der Waals surface area contributed by atoms with Gasteiger partial charge in [0.1, 0.15) is 5.72 Å². The molecule has 1 N–H and O–H groups in total. The summed E-state index contributed by atoms with van der Waals surface area (Å²) >= 11 is 0. The normalized spacial score (nSPS) is 38.5. The Labute approximate surface area is 90.5 Å². The topological polar surface area (TPSA) is 23.5 Å². The molecule has 0 spiro atoms. The van der Waals surface area contributed by atoms with E-state index in [9.17, 15) is 5.11 Å². The maximum absolute atomic E-state index is 10.6. The molecule has 80 valence electrons. The van der Waals surface area contributed by atoms with E-state index < -0.39 is 5.72 Å². The average molecular weight is 203 g/mol. The second-order valence-corrected chi connectivity index (χ2v) is 4.95. The summed E-state index contributed by atoms with van der Waals surface area (Å²) in [5.74, 6) is 0.735. The number of rotatable bonds is 2. The van der Waals surface area contributed by atoms with Crippen molar-refractivity contribution in [3.63, 3.8) is 0 Å². The minimum Gasteiger partial charge on any atom is -0.375 e. The Balaban J connectivity index is 1.78. The van der Waals surface area contributed by atoms with E-state index in [1.807, 2.05) is 18.2 Å². The minimum absolute atomic E-state index is 0.551. The predicted molar refractivity (Wildman–Crippen MR) is 59.4 cm³/mol. The molecule has 0 radical (unpaired) electrons. The fraction of sp³-hybridized carbons (Fsp3) is 0.538. The molecule has 0 saturated carbocycles. The van der Waals surface area contributed by atoms with Gasteiger partial charge >= 0.3 is 0 Å². The Morgan fingerprint density at radius 1 is 1.33 bits per heavy atom. The molecular formula is C13H17NO. The fourth-order valence-corrected chi connectivity index (χ4v) is 3.08. The lowest BCUT2D eigenvalue weighted by Crippen LogP contribution is -2.46. The van der Waals surface area contributed by atoms with Gasteiger partial charge in [-0.2, -0.15) is 0 Å². The molecule has 0 aromatic heterocycles. The van der Waals surface area contributed by atoms with Crippen molar-refractivity contribution >= 4 is 0 Å². The maximum atomic E-state index is 10.6. The first-order valence-electron chi connectivity index (χ1n) is 5.78. The molecule has 0 aliphatic carbocycles. The van der Waals surface area contributed by atoms with E-state index in [1.165, 1.54) is 12.0 Å². The van der Waals surface area contributed by atoms with Crippen LogP contribution in [0.25, 0.3) is 0 Å². The van der Waals surface area contributed by atoms with Gasteiger partial charge in [-0.1, -0.05) is 30.3 Å². The van der Waals surface area contributed by atoms with E-state index in [1.54, 1.807) is 0 Å². The molecule has 2 heterocycles. The first-order valence-corrected chi connectivity index (χ1v) is 5.78. The lowest BCUT2D eigenvalue weighted by atomic mass is 9.92. The zero-order valence-electron chi connectivity index (χ0n) is 8.89. The van der Waals surface area contributed by atoms with Crippen LogP contribution in [0.2, 0.25) is 0 Å². The van der Waals surface area contributed by atoms with Crippen LogP contribution < -0.4 is 0 Å². The van der Waals surface area contributed by atoms with Crippen molar-refractivity contribution in [3.8, 4) is 0 Å². The summed E-state index contributed by atoms with van der Waals surface area (Å²) in [5.41, 5.74) is 0.692. The number of fused-ring (bicyclic) bond motifs is 2. The average Bonchev–Trinajstić information content (AvgIpc) is 2.78. The summed E-state index contributed by atoms with van der Waals surface area (Å²) in [4.78, 5) is 2.25. The molecule has 15 heavy (non-hydrogen) atoms. The molecule has 1 aromatic carbocycles. The third kappa shape index (κ3) is 1.58. The van der Waals surface area contributed by atoms with Gasteiger partial charge < -0.3 is 5.11 Å². The van der Waals surface area contributed by atoms with Gasteiger partial charge in [-0.15, -0.1) is 0 Å². The van der Waals surface area contributed by atoms with Gasteiger partial charge in [-0.05, 0) is 24.3 Å². The van der Waals surface area contributed by atoms with Crippen LogP contribution in [0.4, 0.5) is 0 Å². The monoisotopic (exact) mass is 203 g/mol. The summed E-state index contributed by atoms with van der Waals surface area (Å²) in [7, 11) is 0. The Morgan fingerprint density at radius 2 is 2.13 bits per heavy atom. The van der Waals surface area contributed by atoms with E-state index in [0.29, 0.717) is 0 Å². The number of piperidine rings is 1. The molecule has 0 amide bonds. The second kappa shape index (κ2) is 3.32. The number of aliphatic hydroxyl groups is 1. The summed E-state index contributed by atoms with van der Waals surface area (Å²) in [6, 6.07) is 10.3. The third-order valence-corrected chi connectivity index (χ3v) is 3.82. The molecule has 2 aliphatic heterocycles. The minimum atomic E-state index is -0.551. The van der Waals surface area contributed by atoms with Gasteiger partial charge in [0.05, 0.1) is 0 Å². The SMILES string of the molecule is OC1(Cc2ccccc2)CC2CCN1C2. The van der Waals surface area contributed by atoms with Gasteiger partial charge in [-0.3, -0.25) is 4.90 Å². The highest BCUT2D eigenvalue weighted by molar-refractivity contribution is 5.18. The zero-order chi connectivity index (χ0) is 10.3. The lowest BCUT2D eigenvalue weighted by Gasteiger charge is -2.35. The molecule has 2 fully saturated rings. The highest BCUT2D eigenvalue weighted by Gasteiger charge is 2.47. The Morgan fingerprint density at radius 3 is 2.73 bits per heavy atom. The molecule has 2 aliphatic rings. The highest BCUT2D eigenvalue weighted by Crippen LogP contribution is 2.40. The van der Waals surface area contributed by atoms with Crippen LogP contribution in [0.5, 0.6) is 0 Å². The quantitative estimate of drug-likeness (QED) is 0.790. The standard InChI is InChI=1S/C13H17NO/c15-13(8-11-4-2-1-3-5-11)9-12-6-7-14(13)10-12/h1-5,12,15H,6-10H2. The first-order chi connectivity index (χ1) is 7.26. The van der Waals surface area contributed by atoms with E-state index in [-0.39, 0.29) is 0 Å². The highest BCUT2D eigenvalue weighted by atomic mass is 16.3. The molecule has 2 heteroatoms. The Hall–Kier alpha value is -0.860. The number of nitrogens with zero attached hydrogens (tertiary/aromatic N) is 1. The van der Waals surface area contributed by atoms with Crippen LogP contribution in [0.3, 0.4) is 0 Å². The van der Waals surface area contributed by atoms with Crippen LogP contribution in [0, 0.1) is 5.92 Å². The van der Waals surface area contributed by atoms with Crippen LogP contribution >= 0.6 is 0 Å². The van der Waals surface area contributed by atoms with Crippen LogP contribution in [-0.2, 0) is 6.42 Å². The van der Waals surface area contributed by atoms with Crippen molar-refractivity contribution in [2.45, 2.75) is 25.0 Å². The molecule has 2 saturated heterocycles. The van der Waals surface area contributed by atoms with Crippen LogP contribution in [0.15, 0.2) is 30.3 Å². The third-order valence-electron chi connectivity index (χ3n) is 3.82. The van der Waals surface area contributed by atoms with E-state index in [2.05, 4.69) is 17.0 Å².